The molecule has 1 aromatic rings. The summed E-state index contributed by atoms with van der Waals surface area (Å²) in [6.45, 7) is 0.00154. The van der Waals surface area contributed by atoms with E-state index in [4.69, 9.17) is 11.6 Å². The van der Waals surface area contributed by atoms with Crippen molar-refractivity contribution in [2.45, 2.75) is 0 Å². The van der Waals surface area contributed by atoms with E-state index >= 15 is 0 Å². The lowest BCUT2D eigenvalue weighted by molar-refractivity contribution is -0.114. The van der Waals surface area contributed by atoms with Crippen LogP contribution in [0.2, 0.25) is 0 Å². The van der Waals surface area contributed by atoms with E-state index in [1.165, 1.54) is 7.11 Å². The molecule has 0 radical (unpaired) electrons. The lowest BCUT2D eigenvalue weighted by atomic mass is 10.5. The molecule has 1 heterocycles. The monoisotopic (exact) mass is 187 g/mol. The fraction of sp³-hybridized carbons (Fsp3) is 0.250. The molecule has 0 N–H and O–H groups in total. The van der Waals surface area contributed by atoms with Crippen LogP contribution in [0.15, 0.2) is 30.6 Å². The maximum Gasteiger partial charge on any atom is 0.247 e. The molecular weight excluding hydrogens is 178 g/mol. The second-order valence-corrected chi connectivity index (χ2v) is 2.23. The number of nitrogens with zero attached hydrogens (tertiary/aromatic N) is 1. The Hall–Kier alpha value is -0.930. The third kappa shape index (κ3) is 9.07. The lowest BCUT2D eigenvalue weighted by Crippen LogP contribution is -1.95. The quantitative estimate of drug-likeness (QED) is 0.659. The average molecular weight is 188 g/mol. The van der Waals surface area contributed by atoms with Crippen molar-refractivity contribution in [2.24, 2.45) is 0 Å². The molecule has 66 valence electrons. The number of carbonyl (C=O) groups excluding carboxylic acids is 1. The van der Waals surface area contributed by atoms with Gasteiger partial charge in [-0.15, -0.1) is 0 Å². The summed E-state index contributed by atoms with van der Waals surface area (Å²) in [5.41, 5.74) is 0. The van der Waals surface area contributed by atoms with E-state index in [1.54, 1.807) is 12.4 Å². The molecule has 12 heavy (non-hydrogen) atoms. The molecule has 0 aliphatic rings. The standard InChI is InChI=1S/C5H5N.C3H5ClO2/c1-2-4-6-5-3-1;1-6-2-3(4)5/h1-5H;2H2,1H3. The van der Waals surface area contributed by atoms with E-state index in [0.29, 0.717) is 0 Å². The summed E-state index contributed by atoms with van der Waals surface area (Å²) in [6, 6.07) is 5.72. The molecule has 0 saturated carbocycles. The van der Waals surface area contributed by atoms with Gasteiger partial charge in [0.1, 0.15) is 6.61 Å². The van der Waals surface area contributed by atoms with Crippen LogP contribution in [0.3, 0.4) is 0 Å². The molecule has 0 aliphatic carbocycles. The summed E-state index contributed by atoms with van der Waals surface area (Å²) >= 11 is 4.81. The fourth-order valence-corrected chi connectivity index (χ4v) is 0.535. The van der Waals surface area contributed by atoms with Gasteiger partial charge >= 0.3 is 0 Å². The van der Waals surface area contributed by atoms with Gasteiger partial charge in [-0.2, -0.15) is 0 Å². The minimum atomic E-state index is -0.461. The summed E-state index contributed by atoms with van der Waals surface area (Å²) in [7, 11) is 1.42. The van der Waals surface area contributed by atoms with Gasteiger partial charge in [-0.3, -0.25) is 9.78 Å². The first-order valence-corrected chi connectivity index (χ1v) is 3.67. The highest BCUT2D eigenvalue weighted by Gasteiger charge is 1.87. The molecule has 0 atom stereocenters. The molecule has 3 nitrogen and oxygen atoms in total. The summed E-state index contributed by atoms with van der Waals surface area (Å²) < 4.78 is 4.32. The Morgan fingerprint density at radius 1 is 1.42 bits per heavy atom. The fourth-order valence-electron chi connectivity index (χ4n) is 0.426. The zero-order valence-corrected chi connectivity index (χ0v) is 7.49. The molecule has 1 rings (SSSR count). The maximum atomic E-state index is 9.68. The van der Waals surface area contributed by atoms with Crippen LogP contribution in [-0.4, -0.2) is 23.9 Å². The average Bonchev–Trinajstić information content (AvgIpc) is 2.08. The van der Waals surface area contributed by atoms with Crippen LogP contribution in [0.4, 0.5) is 0 Å². The van der Waals surface area contributed by atoms with Gasteiger partial charge in [-0.05, 0) is 23.7 Å². The number of aromatic nitrogens is 1. The number of hydrogen-bond donors (Lipinski definition) is 0. The van der Waals surface area contributed by atoms with Gasteiger partial charge in [0, 0.05) is 19.5 Å². The Morgan fingerprint density at radius 3 is 2.08 bits per heavy atom. The smallest absolute Gasteiger partial charge is 0.247 e. The number of rotatable bonds is 2. The topological polar surface area (TPSA) is 39.2 Å². The van der Waals surface area contributed by atoms with Gasteiger partial charge in [0.15, 0.2) is 0 Å². The van der Waals surface area contributed by atoms with Gasteiger partial charge in [-0.1, -0.05) is 6.07 Å². The molecular formula is C8H10ClNO2. The summed E-state index contributed by atoms with van der Waals surface area (Å²) in [6.07, 6.45) is 3.50. The molecule has 0 unspecified atom stereocenters. The predicted octanol–water partition coefficient (Wildman–Crippen LogP) is 1.48. The first-order chi connectivity index (χ1) is 5.77. The van der Waals surface area contributed by atoms with Crippen LogP contribution >= 0.6 is 11.6 Å². The summed E-state index contributed by atoms with van der Waals surface area (Å²) in [4.78, 5) is 13.5. The Labute approximate surface area is 76.3 Å². The maximum absolute atomic E-state index is 9.68. The molecule has 1 aromatic heterocycles. The van der Waals surface area contributed by atoms with Crippen molar-refractivity contribution in [1.82, 2.24) is 4.98 Å². The van der Waals surface area contributed by atoms with Crippen LogP contribution in [0.1, 0.15) is 0 Å². The third-order valence-corrected chi connectivity index (χ3v) is 0.933. The van der Waals surface area contributed by atoms with Crippen molar-refractivity contribution >= 4 is 16.8 Å². The van der Waals surface area contributed by atoms with Crippen LogP contribution in [0, 0.1) is 0 Å². The number of ether oxygens (including phenoxy) is 1. The van der Waals surface area contributed by atoms with Crippen molar-refractivity contribution in [1.29, 1.82) is 0 Å². The first-order valence-electron chi connectivity index (χ1n) is 3.29. The highest BCUT2D eigenvalue weighted by atomic mass is 35.5. The van der Waals surface area contributed by atoms with Crippen LogP contribution in [0.25, 0.3) is 0 Å². The highest BCUT2D eigenvalue weighted by molar-refractivity contribution is 6.63. The van der Waals surface area contributed by atoms with Crippen LogP contribution in [-0.2, 0) is 9.53 Å². The minimum Gasteiger partial charge on any atom is -0.376 e. The van der Waals surface area contributed by atoms with Gasteiger partial charge in [-0.25, -0.2) is 0 Å². The van der Waals surface area contributed by atoms with Crippen molar-refractivity contribution in [3.63, 3.8) is 0 Å². The molecule has 0 saturated heterocycles. The van der Waals surface area contributed by atoms with Crippen molar-refractivity contribution in [3.05, 3.63) is 30.6 Å². The highest BCUT2D eigenvalue weighted by Crippen LogP contribution is 1.76. The molecule has 0 spiro atoms. The molecule has 4 heteroatoms. The van der Waals surface area contributed by atoms with E-state index in [2.05, 4.69) is 9.72 Å². The molecule has 0 fully saturated rings. The van der Waals surface area contributed by atoms with Crippen molar-refractivity contribution in [3.8, 4) is 0 Å². The van der Waals surface area contributed by atoms with Crippen LogP contribution in [0.5, 0.6) is 0 Å². The number of methoxy groups -OCH3 is 1. The van der Waals surface area contributed by atoms with Gasteiger partial charge in [0.2, 0.25) is 5.24 Å². The van der Waals surface area contributed by atoms with Gasteiger partial charge < -0.3 is 4.74 Å². The molecule has 0 amide bonds. The van der Waals surface area contributed by atoms with E-state index in [9.17, 15) is 4.79 Å². The van der Waals surface area contributed by atoms with Crippen molar-refractivity contribution < 1.29 is 9.53 Å². The molecule has 0 aliphatic heterocycles. The Balaban J connectivity index is 0.000000202. The van der Waals surface area contributed by atoms with Gasteiger partial charge in [0.05, 0.1) is 0 Å². The lowest BCUT2D eigenvalue weighted by Gasteiger charge is -1.82. The Bertz CT molecular complexity index is 177. The zero-order chi connectivity index (χ0) is 9.23. The molecule has 0 bridgehead atoms. The zero-order valence-electron chi connectivity index (χ0n) is 6.74. The number of hydrogen-bond acceptors (Lipinski definition) is 3. The number of halogens is 1. The number of carbonyl (C=O) groups is 1. The second-order valence-electron chi connectivity index (χ2n) is 1.81. The van der Waals surface area contributed by atoms with E-state index in [1.807, 2.05) is 18.2 Å². The van der Waals surface area contributed by atoms with E-state index in [0.717, 1.165) is 0 Å². The normalized spacial score (nSPS) is 8.17. The minimum absolute atomic E-state index is 0.00154. The Morgan fingerprint density at radius 2 is 2.00 bits per heavy atom. The van der Waals surface area contributed by atoms with E-state index < -0.39 is 5.24 Å². The van der Waals surface area contributed by atoms with Crippen molar-refractivity contribution in [2.75, 3.05) is 13.7 Å². The second kappa shape index (κ2) is 8.17. The van der Waals surface area contributed by atoms with E-state index in [-0.39, 0.29) is 6.61 Å². The summed E-state index contributed by atoms with van der Waals surface area (Å²) in [5, 5.41) is -0.461. The Kier molecular flexibility index (Phi) is 7.54. The predicted molar refractivity (Wildman–Crippen MR) is 47.0 cm³/mol. The molecule has 0 aromatic carbocycles. The SMILES string of the molecule is COCC(=O)Cl.c1ccncc1. The first kappa shape index (κ1) is 11.1. The third-order valence-electron chi connectivity index (χ3n) is 0.824. The van der Waals surface area contributed by atoms with Crippen LogP contribution < -0.4 is 0 Å². The largest absolute Gasteiger partial charge is 0.376 e. The summed E-state index contributed by atoms with van der Waals surface area (Å²) in [5.74, 6) is 0. The van der Waals surface area contributed by atoms with Gasteiger partial charge in [0.25, 0.3) is 0 Å². The number of pyridine rings is 1.